The van der Waals surface area contributed by atoms with Crippen molar-refractivity contribution in [2.75, 3.05) is 0 Å². The summed E-state index contributed by atoms with van der Waals surface area (Å²) in [7, 11) is 0. The van der Waals surface area contributed by atoms with Crippen LogP contribution in [0.2, 0.25) is 0 Å². The summed E-state index contributed by atoms with van der Waals surface area (Å²) in [5.74, 6) is 1.09. The van der Waals surface area contributed by atoms with E-state index in [0.29, 0.717) is 24.7 Å². The molecule has 0 fully saturated rings. The molecule has 0 saturated carbocycles. The summed E-state index contributed by atoms with van der Waals surface area (Å²) in [5, 5.41) is 0. The van der Waals surface area contributed by atoms with Gasteiger partial charge in [-0.05, 0) is 25.2 Å². The fourth-order valence-electron chi connectivity index (χ4n) is 1.24. The minimum atomic E-state index is 0.214. The number of hydrogen-bond acceptors (Lipinski definition) is 2. The quantitative estimate of drug-likeness (QED) is 0.573. The van der Waals surface area contributed by atoms with Crippen molar-refractivity contribution < 1.29 is 9.59 Å². The Hall–Kier alpha value is -0.660. The van der Waals surface area contributed by atoms with E-state index in [2.05, 4.69) is 13.8 Å². The van der Waals surface area contributed by atoms with Crippen LogP contribution in [0, 0.1) is 11.8 Å². The molecule has 2 heteroatoms. The lowest BCUT2D eigenvalue weighted by Crippen LogP contribution is -2.10. The monoisotopic (exact) mass is 170 g/mol. The van der Waals surface area contributed by atoms with E-state index >= 15 is 0 Å². The summed E-state index contributed by atoms with van der Waals surface area (Å²) in [5.41, 5.74) is 0. The van der Waals surface area contributed by atoms with Gasteiger partial charge in [0.15, 0.2) is 0 Å². The van der Waals surface area contributed by atoms with Gasteiger partial charge in [0.2, 0.25) is 0 Å². The topological polar surface area (TPSA) is 34.1 Å². The Labute approximate surface area is 74.3 Å². The average Bonchev–Trinajstić information content (AvgIpc) is 1.96. The summed E-state index contributed by atoms with van der Waals surface area (Å²) in [6, 6.07) is 0. The molecule has 12 heavy (non-hydrogen) atoms. The first-order chi connectivity index (χ1) is 5.57. The van der Waals surface area contributed by atoms with Gasteiger partial charge < -0.3 is 9.59 Å². The lowest BCUT2D eigenvalue weighted by Gasteiger charge is -2.16. The first-order valence-corrected chi connectivity index (χ1v) is 4.51. The normalized spacial score (nSPS) is 13.0. The maximum Gasteiger partial charge on any atom is 0.129 e. The standard InChI is InChI=1S/C10H18O2/c1-8(2)10(6-7-11)5-4-9(3)12/h7-8,10H,4-6H2,1-3H3/t10-/m1/s1. The Kier molecular flexibility index (Phi) is 5.60. The van der Waals surface area contributed by atoms with Gasteiger partial charge in [-0.2, -0.15) is 0 Å². The fourth-order valence-corrected chi connectivity index (χ4v) is 1.24. The highest BCUT2D eigenvalue weighted by molar-refractivity contribution is 5.75. The van der Waals surface area contributed by atoms with Crippen LogP contribution in [-0.4, -0.2) is 12.1 Å². The van der Waals surface area contributed by atoms with Gasteiger partial charge in [-0.15, -0.1) is 0 Å². The van der Waals surface area contributed by atoms with Crippen LogP contribution in [0.5, 0.6) is 0 Å². The van der Waals surface area contributed by atoms with E-state index in [9.17, 15) is 9.59 Å². The summed E-state index contributed by atoms with van der Waals surface area (Å²) in [6.07, 6.45) is 3.00. The molecule has 2 nitrogen and oxygen atoms in total. The van der Waals surface area contributed by atoms with Gasteiger partial charge >= 0.3 is 0 Å². The molecule has 0 N–H and O–H groups in total. The van der Waals surface area contributed by atoms with Gasteiger partial charge in [0, 0.05) is 12.8 Å². The Morgan fingerprint density at radius 1 is 1.42 bits per heavy atom. The molecule has 0 aromatic heterocycles. The maximum atomic E-state index is 10.7. The lowest BCUT2D eigenvalue weighted by molar-refractivity contribution is -0.117. The number of carbonyl (C=O) groups is 2. The largest absolute Gasteiger partial charge is 0.303 e. The van der Waals surface area contributed by atoms with Crippen LogP contribution in [0.4, 0.5) is 0 Å². The minimum Gasteiger partial charge on any atom is -0.303 e. The minimum absolute atomic E-state index is 0.214. The van der Waals surface area contributed by atoms with E-state index in [1.165, 1.54) is 0 Å². The third-order valence-corrected chi connectivity index (χ3v) is 2.21. The molecule has 0 radical (unpaired) electrons. The van der Waals surface area contributed by atoms with Crippen molar-refractivity contribution in [2.24, 2.45) is 11.8 Å². The van der Waals surface area contributed by atoms with Crippen LogP contribution in [0.25, 0.3) is 0 Å². The number of Topliss-reactive ketones (excluding diaryl/α,β-unsaturated/α-hetero) is 1. The third kappa shape index (κ3) is 5.05. The molecule has 0 aromatic rings. The summed E-state index contributed by atoms with van der Waals surface area (Å²) < 4.78 is 0. The first-order valence-electron chi connectivity index (χ1n) is 4.51. The van der Waals surface area contributed by atoms with Gasteiger partial charge in [-0.25, -0.2) is 0 Å². The summed E-state index contributed by atoms with van der Waals surface area (Å²) >= 11 is 0. The van der Waals surface area contributed by atoms with Crippen LogP contribution >= 0.6 is 0 Å². The molecule has 0 aromatic carbocycles. The van der Waals surface area contributed by atoms with E-state index in [4.69, 9.17) is 0 Å². The first kappa shape index (κ1) is 11.3. The van der Waals surface area contributed by atoms with E-state index in [1.54, 1.807) is 6.92 Å². The molecule has 0 saturated heterocycles. The van der Waals surface area contributed by atoms with Crippen LogP contribution in [-0.2, 0) is 9.59 Å². The lowest BCUT2D eigenvalue weighted by atomic mass is 9.88. The van der Waals surface area contributed by atoms with Crippen molar-refractivity contribution in [3.8, 4) is 0 Å². The highest BCUT2D eigenvalue weighted by Gasteiger charge is 2.12. The van der Waals surface area contributed by atoms with Crippen LogP contribution < -0.4 is 0 Å². The second-order valence-electron chi connectivity index (χ2n) is 3.65. The highest BCUT2D eigenvalue weighted by Crippen LogP contribution is 2.19. The van der Waals surface area contributed by atoms with Crippen molar-refractivity contribution in [1.82, 2.24) is 0 Å². The van der Waals surface area contributed by atoms with Crippen molar-refractivity contribution in [2.45, 2.75) is 40.0 Å². The van der Waals surface area contributed by atoms with Crippen LogP contribution in [0.15, 0.2) is 0 Å². The molecule has 70 valence electrons. The molecule has 0 unspecified atom stereocenters. The van der Waals surface area contributed by atoms with Crippen molar-refractivity contribution in [3.05, 3.63) is 0 Å². The molecule has 0 spiro atoms. The van der Waals surface area contributed by atoms with E-state index in [0.717, 1.165) is 12.7 Å². The molecule has 0 aliphatic rings. The number of ketones is 1. The van der Waals surface area contributed by atoms with Crippen LogP contribution in [0.3, 0.4) is 0 Å². The summed E-state index contributed by atoms with van der Waals surface area (Å²) in [4.78, 5) is 21.0. The van der Waals surface area contributed by atoms with Gasteiger partial charge in [-0.3, -0.25) is 0 Å². The smallest absolute Gasteiger partial charge is 0.129 e. The van der Waals surface area contributed by atoms with E-state index in [-0.39, 0.29) is 5.78 Å². The number of carbonyl (C=O) groups excluding carboxylic acids is 2. The molecular formula is C10H18O2. The molecule has 0 rings (SSSR count). The van der Waals surface area contributed by atoms with Crippen molar-refractivity contribution >= 4 is 12.1 Å². The predicted molar refractivity (Wildman–Crippen MR) is 48.9 cm³/mol. The number of hydrogen-bond donors (Lipinski definition) is 0. The summed E-state index contributed by atoms with van der Waals surface area (Å²) in [6.45, 7) is 5.78. The van der Waals surface area contributed by atoms with Gasteiger partial charge in [0.05, 0.1) is 0 Å². The van der Waals surface area contributed by atoms with E-state index in [1.807, 2.05) is 0 Å². The molecule has 0 bridgehead atoms. The molecule has 0 aliphatic heterocycles. The molecular weight excluding hydrogens is 152 g/mol. The Bertz CT molecular complexity index is 150. The Balaban J connectivity index is 3.78. The van der Waals surface area contributed by atoms with Crippen molar-refractivity contribution in [3.63, 3.8) is 0 Å². The fraction of sp³-hybridized carbons (Fsp3) is 0.800. The number of aldehydes is 1. The second kappa shape index (κ2) is 5.92. The van der Waals surface area contributed by atoms with Gasteiger partial charge in [-0.1, -0.05) is 13.8 Å². The third-order valence-electron chi connectivity index (χ3n) is 2.21. The number of rotatable bonds is 6. The average molecular weight is 170 g/mol. The molecule has 0 aliphatic carbocycles. The Morgan fingerprint density at radius 3 is 2.33 bits per heavy atom. The van der Waals surface area contributed by atoms with E-state index < -0.39 is 0 Å². The zero-order chi connectivity index (χ0) is 9.56. The Morgan fingerprint density at radius 2 is 2.00 bits per heavy atom. The van der Waals surface area contributed by atoms with Crippen molar-refractivity contribution in [1.29, 1.82) is 0 Å². The SMILES string of the molecule is CC(=O)CC[C@H](CC=O)C(C)C. The maximum absolute atomic E-state index is 10.7. The second-order valence-corrected chi connectivity index (χ2v) is 3.65. The zero-order valence-electron chi connectivity index (χ0n) is 8.17. The zero-order valence-corrected chi connectivity index (χ0v) is 8.17. The predicted octanol–water partition coefficient (Wildman–Crippen LogP) is 2.22. The van der Waals surface area contributed by atoms with Gasteiger partial charge in [0.1, 0.15) is 12.1 Å². The molecule has 0 heterocycles. The van der Waals surface area contributed by atoms with Gasteiger partial charge in [0.25, 0.3) is 0 Å². The molecule has 1 atom stereocenters. The molecule has 0 amide bonds. The highest BCUT2D eigenvalue weighted by atomic mass is 16.1. The van der Waals surface area contributed by atoms with Crippen LogP contribution in [0.1, 0.15) is 40.0 Å².